The monoisotopic (exact) mass is 295 g/mol. The second-order valence-corrected chi connectivity index (χ2v) is 5.64. The molecule has 0 unspecified atom stereocenters. The minimum absolute atomic E-state index is 0. The van der Waals surface area contributed by atoms with Crippen LogP contribution in [0.5, 0.6) is 0 Å². The van der Waals surface area contributed by atoms with E-state index in [4.69, 9.17) is 0 Å². The van der Waals surface area contributed by atoms with Crippen LogP contribution in [-0.2, 0) is 6.54 Å². The van der Waals surface area contributed by atoms with E-state index in [-0.39, 0.29) is 12.4 Å². The summed E-state index contributed by atoms with van der Waals surface area (Å²) in [5.41, 5.74) is 1.22. The Labute approximate surface area is 124 Å². The van der Waals surface area contributed by atoms with Gasteiger partial charge in [0.25, 0.3) is 0 Å². The molecule has 1 aliphatic heterocycles. The lowest BCUT2D eigenvalue weighted by Crippen LogP contribution is -2.42. The van der Waals surface area contributed by atoms with Crippen molar-refractivity contribution in [3.05, 3.63) is 41.4 Å². The molecule has 0 spiro atoms. The molecule has 1 saturated heterocycles. The van der Waals surface area contributed by atoms with Crippen LogP contribution in [0.25, 0.3) is 10.6 Å². The molecule has 1 aromatic heterocycles. The largest absolute Gasteiger partial charge is 0.314 e. The van der Waals surface area contributed by atoms with Gasteiger partial charge in [-0.05, 0) is 0 Å². The predicted molar refractivity (Wildman–Crippen MR) is 82.9 cm³/mol. The lowest BCUT2D eigenvalue weighted by atomic mass is 10.2. The Morgan fingerprint density at radius 2 is 1.89 bits per heavy atom. The molecule has 1 aliphatic rings. The first-order chi connectivity index (χ1) is 8.92. The van der Waals surface area contributed by atoms with Crippen molar-refractivity contribution in [3.63, 3.8) is 0 Å². The zero-order valence-electron chi connectivity index (χ0n) is 10.7. The molecule has 0 bridgehead atoms. The average Bonchev–Trinajstić information content (AvgIpc) is 2.89. The smallest absolute Gasteiger partial charge is 0.123 e. The van der Waals surface area contributed by atoms with E-state index >= 15 is 0 Å². The number of rotatable bonds is 3. The molecule has 0 radical (unpaired) electrons. The number of thiazole rings is 1. The Balaban J connectivity index is 0.00000133. The molecule has 1 fully saturated rings. The highest BCUT2D eigenvalue weighted by Gasteiger charge is 2.12. The van der Waals surface area contributed by atoms with Crippen molar-refractivity contribution < 1.29 is 0 Å². The van der Waals surface area contributed by atoms with Crippen LogP contribution in [0.2, 0.25) is 0 Å². The first-order valence-corrected chi connectivity index (χ1v) is 7.17. The Bertz CT molecular complexity index is 494. The minimum atomic E-state index is 0. The van der Waals surface area contributed by atoms with E-state index in [9.17, 15) is 0 Å². The van der Waals surface area contributed by atoms with Gasteiger partial charge in [-0.25, -0.2) is 4.98 Å². The maximum atomic E-state index is 4.53. The number of hydrogen-bond acceptors (Lipinski definition) is 4. The Kier molecular flexibility index (Phi) is 5.34. The quantitative estimate of drug-likeness (QED) is 0.943. The summed E-state index contributed by atoms with van der Waals surface area (Å²) >= 11 is 1.81. The molecule has 0 aliphatic carbocycles. The van der Waals surface area contributed by atoms with Crippen LogP contribution in [0.4, 0.5) is 0 Å². The van der Waals surface area contributed by atoms with Crippen molar-refractivity contribution in [2.75, 3.05) is 26.2 Å². The van der Waals surface area contributed by atoms with Crippen molar-refractivity contribution in [2.24, 2.45) is 0 Å². The Morgan fingerprint density at radius 3 is 2.63 bits per heavy atom. The van der Waals surface area contributed by atoms with Crippen molar-refractivity contribution in [1.82, 2.24) is 15.2 Å². The maximum absolute atomic E-state index is 4.53. The van der Waals surface area contributed by atoms with Gasteiger partial charge in [-0.3, -0.25) is 4.90 Å². The van der Waals surface area contributed by atoms with Gasteiger partial charge in [0.15, 0.2) is 0 Å². The van der Waals surface area contributed by atoms with Gasteiger partial charge in [0.2, 0.25) is 0 Å². The van der Waals surface area contributed by atoms with Gasteiger partial charge in [-0.2, -0.15) is 0 Å². The van der Waals surface area contributed by atoms with E-state index in [1.807, 2.05) is 12.3 Å². The number of halogens is 1. The number of aromatic nitrogens is 1. The third-order valence-corrected chi connectivity index (χ3v) is 4.19. The summed E-state index contributed by atoms with van der Waals surface area (Å²) in [5, 5.41) is 4.50. The Hall–Kier alpha value is -0.940. The van der Waals surface area contributed by atoms with Crippen molar-refractivity contribution in [1.29, 1.82) is 0 Å². The molecule has 1 N–H and O–H groups in total. The van der Waals surface area contributed by atoms with Crippen LogP contribution in [0.15, 0.2) is 36.5 Å². The van der Waals surface area contributed by atoms with Crippen LogP contribution in [0, 0.1) is 0 Å². The van der Waals surface area contributed by atoms with E-state index < -0.39 is 0 Å². The molecule has 0 atom stereocenters. The van der Waals surface area contributed by atoms with Crippen molar-refractivity contribution in [2.45, 2.75) is 6.54 Å². The lowest BCUT2D eigenvalue weighted by Gasteiger charge is -2.26. The van der Waals surface area contributed by atoms with Crippen LogP contribution in [-0.4, -0.2) is 36.1 Å². The lowest BCUT2D eigenvalue weighted by molar-refractivity contribution is 0.235. The van der Waals surface area contributed by atoms with E-state index in [0.29, 0.717) is 0 Å². The third kappa shape index (κ3) is 3.76. The molecule has 3 nitrogen and oxygen atoms in total. The molecule has 102 valence electrons. The van der Waals surface area contributed by atoms with E-state index in [2.05, 4.69) is 39.5 Å². The summed E-state index contributed by atoms with van der Waals surface area (Å²) in [7, 11) is 0. The molecule has 0 amide bonds. The number of nitrogens with one attached hydrogen (secondary N) is 1. The molecule has 1 aromatic carbocycles. The van der Waals surface area contributed by atoms with Crippen molar-refractivity contribution in [3.8, 4) is 10.6 Å². The number of nitrogens with zero attached hydrogens (tertiary/aromatic N) is 2. The molecule has 5 heteroatoms. The van der Waals surface area contributed by atoms with Crippen LogP contribution in [0.3, 0.4) is 0 Å². The highest BCUT2D eigenvalue weighted by atomic mass is 35.5. The van der Waals surface area contributed by atoms with Gasteiger partial charge in [-0.15, -0.1) is 23.7 Å². The van der Waals surface area contributed by atoms with Gasteiger partial charge >= 0.3 is 0 Å². The number of hydrogen-bond donors (Lipinski definition) is 1. The summed E-state index contributed by atoms with van der Waals surface area (Å²) in [6, 6.07) is 10.4. The van der Waals surface area contributed by atoms with Gasteiger partial charge in [0.1, 0.15) is 5.01 Å². The van der Waals surface area contributed by atoms with Crippen LogP contribution in [0.1, 0.15) is 4.88 Å². The van der Waals surface area contributed by atoms with E-state index in [1.54, 1.807) is 11.3 Å². The fourth-order valence-electron chi connectivity index (χ4n) is 2.18. The standard InChI is InChI=1S/C14H17N3S.ClH/c1-2-4-12(5-3-1)14-16-10-13(18-14)11-17-8-6-15-7-9-17;/h1-5,10,15H,6-9,11H2;1H. The van der Waals surface area contributed by atoms with E-state index in [1.165, 1.54) is 10.4 Å². The fourth-order valence-corrected chi connectivity index (χ4v) is 3.14. The first-order valence-electron chi connectivity index (χ1n) is 6.35. The number of piperazine rings is 1. The van der Waals surface area contributed by atoms with Crippen LogP contribution < -0.4 is 5.32 Å². The van der Waals surface area contributed by atoms with Gasteiger partial charge in [0, 0.05) is 49.4 Å². The predicted octanol–water partition coefficient (Wildman–Crippen LogP) is 2.64. The van der Waals surface area contributed by atoms with Gasteiger partial charge in [-0.1, -0.05) is 30.3 Å². The molecule has 2 heterocycles. The summed E-state index contributed by atoms with van der Waals surface area (Å²) in [6.07, 6.45) is 2.02. The number of benzene rings is 1. The van der Waals surface area contributed by atoms with Crippen molar-refractivity contribution >= 4 is 23.7 Å². The molecule has 19 heavy (non-hydrogen) atoms. The first kappa shape index (κ1) is 14.5. The molecular weight excluding hydrogens is 278 g/mol. The molecule has 2 aromatic rings. The fraction of sp³-hybridized carbons (Fsp3) is 0.357. The molecular formula is C14H18ClN3S. The normalized spacial score (nSPS) is 16.0. The Morgan fingerprint density at radius 1 is 1.16 bits per heavy atom. The van der Waals surface area contributed by atoms with Crippen LogP contribution >= 0.6 is 23.7 Å². The topological polar surface area (TPSA) is 28.2 Å². The summed E-state index contributed by atoms with van der Waals surface area (Å²) in [6.45, 7) is 5.51. The second-order valence-electron chi connectivity index (χ2n) is 4.52. The SMILES string of the molecule is Cl.c1ccc(-c2ncc(CN3CCNCC3)s2)cc1. The van der Waals surface area contributed by atoms with E-state index in [0.717, 1.165) is 37.7 Å². The third-order valence-electron chi connectivity index (χ3n) is 3.16. The highest BCUT2D eigenvalue weighted by molar-refractivity contribution is 7.15. The summed E-state index contributed by atoms with van der Waals surface area (Å²) in [5.74, 6) is 0. The van der Waals surface area contributed by atoms with Gasteiger partial charge < -0.3 is 5.32 Å². The summed E-state index contributed by atoms with van der Waals surface area (Å²) in [4.78, 5) is 8.37. The average molecular weight is 296 g/mol. The van der Waals surface area contributed by atoms with Gasteiger partial charge in [0.05, 0.1) is 0 Å². The summed E-state index contributed by atoms with van der Waals surface area (Å²) < 4.78 is 0. The minimum Gasteiger partial charge on any atom is -0.314 e. The maximum Gasteiger partial charge on any atom is 0.123 e. The molecule has 3 rings (SSSR count). The molecule has 0 saturated carbocycles. The zero-order valence-corrected chi connectivity index (χ0v) is 12.3. The zero-order chi connectivity index (χ0) is 12.2. The highest BCUT2D eigenvalue weighted by Crippen LogP contribution is 2.25. The second kappa shape index (κ2) is 7.01.